The van der Waals surface area contributed by atoms with Gasteiger partial charge in [-0.2, -0.15) is 0 Å². The summed E-state index contributed by atoms with van der Waals surface area (Å²) in [5, 5.41) is 18.8. The Morgan fingerprint density at radius 3 is 2.58 bits per heavy atom. The Balaban J connectivity index is 2.00. The van der Waals surface area contributed by atoms with E-state index in [1.165, 1.54) is 6.26 Å². The van der Waals surface area contributed by atoms with Crippen LogP contribution in [0.5, 0.6) is 5.75 Å². The molecular formula is C19H20O5. The van der Waals surface area contributed by atoms with Gasteiger partial charge in [0, 0.05) is 17.4 Å². The summed E-state index contributed by atoms with van der Waals surface area (Å²) >= 11 is 0. The molecule has 0 heterocycles. The van der Waals surface area contributed by atoms with Crippen molar-refractivity contribution in [3.05, 3.63) is 59.4 Å². The average molecular weight is 328 g/mol. The van der Waals surface area contributed by atoms with Gasteiger partial charge in [-0.05, 0) is 41.3 Å². The minimum Gasteiger partial charge on any atom is -0.508 e. The fourth-order valence-electron chi connectivity index (χ4n) is 2.88. The van der Waals surface area contributed by atoms with Gasteiger partial charge in [0.25, 0.3) is 0 Å². The third kappa shape index (κ3) is 4.00. The van der Waals surface area contributed by atoms with Gasteiger partial charge in [-0.25, -0.2) is 0 Å². The highest BCUT2D eigenvalue weighted by molar-refractivity contribution is 5.83. The number of ether oxygens (including phenoxy) is 1. The van der Waals surface area contributed by atoms with Crippen LogP contribution in [0.3, 0.4) is 0 Å². The molecule has 0 saturated carbocycles. The summed E-state index contributed by atoms with van der Waals surface area (Å²) in [6, 6.07) is 6.65. The maximum absolute atomic E-state index is 11.3. The lowest BCUT2D eigenvalue weighted by atomic mass is 9.93. The smallest absolute Gasteiger partial charge is 0.146 e. The number of rotatable bonds is 8. The number of phenolic OH excluding ortho intramolecular Hbond substituents is 1. The van der Waals surface area contributed by atoms with Crippen LogP contribution in [-0.2, 0) is 14.3 Å². The van der Waals surface area contributed by atoms with E-state index in [1.54, 1.807) is 30.3 Å². The van der Waals surface area contributed by atoms with Crippen LogP contribution >= 0.6 is 0 Å². The van der Waals surface area contributed by atoms with Crippen LogP contribution in [-0.4, -0.2) is 36.0 Å². The molecule has 1 aliphatic rings. The van der Waals surface area contributed by atoms with Crippen LogP contribution in [0.4, 0.5) is 0 Å². The SMILES string of the molecule is C=C(C=O)[C@H]1C[C@H](CO/C=C\c2ccc(O)cc2)C(CO)=C1C=O. The molecule has 0 radical (unpaired) electrons. The Kier molecular flexibility index (Phi) is 6.09. The lowest BCUT2D eigenvalue weighted by molar-refractivity contribution is -0.105. The monoisotopic (exact) mass is 328 g/mol. The first-order valence-corrected chi connectivity index (χ1v) is 7.60. The highest BCUT2D eigenvalue weighted by Crippen LogP contribution is 2.39. The first-order valence-electron chi connectivity index (χ1n) is 7.60. The minimum absolute atomic E-state index is 0.138. The highest BCUT2D eigenvalue weighted by Gasteiger charge is 2.34. The maximum Gasteiger partial charge on any atom is 0.146 e. The molecule has 0 spiro atoms. The van der Waals surface area contributed by atoms with Crippen LogP contribution in [0, 0.1) is 11.8 Å². The average Bonchev–Trinajstić information content (AvgIpc) is 2.97. The number of aldehydes is 2. The number of allylic oxidation sites excluding steroid dienone is 2. The largest absolute Gasteiger partial charge is 0.508 e. The number of aliphatic hydroxyl groups is 1. The summed E-state index contributed by atoms with van der Waals surface area (Å²) in [5.41, 5.74) is 2.25. The molecule has 1 aromatic rings. The second-order valence-electron chi connectivity index (χ2n) is 5.66. The van der Waals surface area contributed by atoms with Gasteiger partial charge in [0.1, 0.15) is 18.3 Å². The van der Waals surface area contributed by atoms with E-state index in [9.17, 15) is 19.8 Å². The van der Waals surface area contributed by atoms with Crippen molar-refractivity contribution in [3.8, 4) is 5.75 Å². The molecule has 1 aromatic carbocycles. The van der Waals surface area contributed by atoms with Gasteiger partial charge in [0.2, 0.25) is 0 Å². The number of phenols is 1. The molecule has 0 bridgehead atoms. The molecular weight excluding hydrogens is 308 g/mol. The van der Waals surface area contributed by atoms with Crippen molar-refractivity contribution in [1.82, 2.24) is 0 Å². The Morgan fingerprint density at radius 1 is 1.29 bits per heavy atom. The zero-order valence-corrected chi connectivity index (χ0v) is 13.2. The number of carbonyl (C=O) groups is 2. The van der Waals surface area contributed by atoms with Crippen LogP contribution in [0.1, 0.15) is 12.0 Å². The summed E-state index contributed by atoms with van der Waals surface area (Å²) < 4.78 is 5.52. The van der Waals surface area contributed by atoms with Gasteiger partial charge in [0.15, 0.2) is 0 Å². The highest BCUT2D eigenvalue weighted by atomic mass is 16.5. The second-order valence-corrected chi connectivity index (χ2v) is 5.66. The van der Waals surface area contributed by atoms with Gasteiger partial charge in [-0.15, -0.1) is 0 Å². The van der Waals surface area contributed by atoms with Crippen molar-refractivity contribution in [1.29, 1.82) is 0 Å². The molecule has 0 aliphatic heterocycles. The minimum atomic E-state index is -0.350. The first kappa shape index (κ1) is 17.7. The van der Waals surface area contributed by atoms with Crippen molar-refractivity contribution in [2.75, 3.05) is 13.2 Å². The van der Waals surface area contributed by atoms with Crippen LogP contribution in [0.25, 0.3) is 6.08 Å². The fraction of sp³-hybridized carbons (Fsp3) is 0.263. The van der Waals surface area contributed by atoms with Gasteiger partial charge < -0.3 is 14.9 Å². The van der Waals surface area contributed by atoms with Crippen LogP contribution in [0.2, 0.25) is 0 Å². The van der Waals surface area contributed by atoms with E-state index in [0.717, 1.165) is 5.56 Å². The number of aromatic hydroxyl groups is 1. The van der Waals surface area contributed by atoms with Crippen LogP contribution < -0.4 is 0 Å². The molecule has 0 amide bonds. The number of aliphatic hydroxyl groups excluding tert-OH is 1. The number of carbonyl (C=O) groups excluding carboxylic acids is 2. The number of benzene rings is 1. The van der Waals surface area contributed by atoms with Gasteiger partial charge in [0.05, 0.1) is 19.5 Å². The Morgan fingerprint density at radius 2 is 2.00 bits per heavy atom. The van der Waals surface area contributed by atoms with E-state index < -0.39 is 0 Å². The molecule has 5 nitrogen and oxygen atoms in total. The molecule has 2 atom stereocenters. The molecule has 2 rings (SSSR count). The molecule has 1 aliphatic carbocycles. The number of hydrogen-bond acceptors (Lipinski definition) is 5. The summed E-state index contributed by atoms with van der Waals surface area (Å²) in [7, 11) is 0. The fourth-order valence-corrected chi connectivity index (χ4v) is 2.88. The summed E-state index contributed by atoms with van der Waals surface area (Å²) in [6.45, 7) is 3.73. The van der Waals surface area contributed by atoms with Gasteiger partial charge in [-0.3, -0.25) is 9.59 Å². The maximum atomic E-state index is 11.3. The molecule has 5 heteroatoms. The standard InChI is InChI=1S/C19H20O5/c1-13(9-20)17-8-15(18(10-21)19(17)11-22)12-24-7-6-14-2-4-16(23)5-3-14/h2-7,9,11,15,17,21,23H,1,8,10,12H2/b7-6-/t15-,17-/m1/s1. The van der Waals surface area contributed by atoms with E-state index in [4.69, 9.17) is 4.74 Å². The topological polar surface area (TPSA) is 83.8 Å². The molecule has 0 unspecified atom stereocenters. The van der Waals surface area contributed by atoms with E-state index in [0.29, 0.717) is 42.3 Å². The van der Waals surface area contributed by atoms with E-state index >= 15 is 0 Å². The zero-order chi connectivity index (χ0) is 17.5. The van der Waals surface area contributed by atoms with Crippen molar-refractivity contribution in [2.24, 2.45) is 11.8 Å². The van der Waals surface area contributed by atoms with E-state index in [-0.39, 0.29) is 24.2 Å². The summed E-state index contributed by atoms with van der Waals surface area (Å²) in [5.74, 6) is -0.294. The lowest BCUT2D eigenvalue weighted by Gasteiger charge is -2.13. The van der Waals surface area contributed by atoms with Crippen molar-refractivity contribution in [2.45, 2.75) is 6.42 Å². The predicted octanol–water partition coefficient (Wildman–Crippen LogP) is 2.26. The normalized spacial score (nSPS) is 20.4. The van der Waals surface area contributed by atoms with Crippen molar-refractivity contribution in [3.63, 3.8) is 0 Å². The van der Waals surface area contributed by atoms with Gasteiger partial charge in [-0.1, -0.05) is 18.7 Å². The van der Waals surface area contributed by atoms with Crippen LogP contribution in [0.15, 0.2) is 53.8 Å². The summed E-state index contributed by atoms with van der Waals surface area (Å²) in [6.07, 6.45) is 5.14. The zero-order valence-electron chi connectivity index (χ0n) is 13.2. The third-order valence-corrected chi connectivity index (χ3v) is 4.20. The molecule has 0 saturated heterocycles. The molecule has 126 valence electrons. The quantitative estimate of drug-likeness (QED) is 0.434. The molecule has 2 N–H and O–H groups in total. The van der Waals surface area contributed by atoms with E-state index in [2.05, 4.69) is 6.58 Å². The third-order valence-electron chi connectivity index (χ3n) is 4.20. The van der Waals surface area contributed by atoms with Crippen molar-refractivity contribution >= 4 is 18.6 Å². The number of hydrogen-bond donors (Lipinski definition) is 2. The van der Waals surface area contributed by atoms with Gasteiger partial charge >= 0.3 is 0 Å². The molecule has 0 aromatic heterocycles. The Hall–Kier alpha value is -2.66. The van der Waals surface area contributed by atoms with E-state index in [1.807, 2.05) is 0 Å². The molecule has 0 fully saturated rings. The lowest BCUT2D eigenvalue weighted by Crippen LogP contribution is -2.11. The Labute approximate surface area is 140 Å². The molecule has 24 heavy (non-hydrogen) atoms. The predicted molar refractivity (Wildman–Crippen MR) is 90.1 cm³/mol. The second kappa shape index (κ2) is 8.26. The van der Waals surface area contributed by atoms with Crippen molar-refractivity contribution < 1.29 is 24.5 Å². The first-order chi connectivity index (χ1) is 11.6. The Bertz CT molecular complexity index is 670. The summed E-state index contributed by atoms with van der Waals surface area (Å²) in [4.78, 5) is 22.2.